The Kier molecular flexibility index (Phi) is 4.30. The standard InChI is InChI=1S/C14H15FN2O4/c1-16(11-2-4-13(18)5-3-11)14(19)9-6-10(15)8-12(7-9)17(20)21/h6-8,11H,2-5H2,1H3. The summed E-state index contributed by atoms with van der Waals surface area (Å²) in [5.41, 5.74) is -0.508. The van der Waals surface area contributed by atoms with Gasteiger partial charge < -0.3 is 4.90 Å². The van der Waals surface area contributed by atoms with Crippen LogP contribution in [0.1, 0.15) is 36.0 Å². The topological polar surface area (TPSA) is 80.5 Å². The summed E-state index contributed by atoms with van der Waals surface area (Å²) in [7, 11) is 1.57. The third-order valence-corrected chi connectivity index (χ3v) is 3.72. The molecule has 2 rings (SSSR count). The minimum Gasteiger partial charge on any atom is -0.339 e. The summed E-state index contributed by atoms with van der Waals surface area (Å²) in [5.74, 6) is -1.12. The molecule has 1 amide bonds. The van der Waals surface area contributed by atoms with Gasteiger partial charge in [-0.05, 0) is 18.9 Å². The second kappa shape index (κ2) is 5.99. The van der Waals surface area contributed by atoms with E-state index in [1.807, 2.05) is 0 Å². The van der Waals surface area contributed by atoms with Crippen molar-refractivity contribution in [2.24, 2.45) is 0 Å². The lowest BCUT2D eigenvalue weighted by molar-refractivity contribution is -0.385. The van der Waals surface area contributed by atoms with Crippen molar-refractivity contribution in [3.05, 3.63) is 39.7 Å². The van der Waals surface area contributed by atoms with E-state index in [0.717, 1.165) is 18.2 Å². The molecule has 0 atom stereocenters. The zero-order chi connectivity index (χ0) is 15.6. The van der Waals surface area contributed by atoms with Gasteiger partial charge in [-0.25, -0.2) is 4.39 Å². The van der Waals surface area contributed by atoms with Crippen LogP contribution in [0.4, 0.5) is 10.1 Å². The zero-order valence-electron chi connectivity index (χ0n) is 11.5. The van der Waals surface area contributed by atoms with Crippen LogP contribution in [0.15, 0.2) is 18.2 Å². The summed E-state index contributed by atoms with van der Waals surface area (Å²) in [6, 6.07) is 2.73. The summed E-state index contributed by atoms with van der Waals surface area (Å²) in [4.78, 5) is 34.9. The Morgan fingerprint density at radius 2 is 1.95 bits per heavy atom. The fraction of sp³-hybridized carbons (Fsp3) is 0.429. The Morgan fingerprint density at radius 1 is 1.33 bits per heavy atom. The number of benzene rings is 1. The van der Waals surface area contributed by atoms with Crippen molar-refractivity contribution in [3.63, 3.8) is 0 Å². The van der Waals surface area contributed by atoms with Gasteiger partial charge in [-0.2, -0.15) is 0 Å². The number of hydrogen-bond donors (Lipinski definition) is 0. The summed E-state index contributed by atoms with van der Waals surface area (Å²) in [6.07, 6.45) is 1.98. The van der Waals surface area contributed by atoms with Crippen LogP contribution in [0.3, 0.4) is 0 Å². The van der Waals surface area contributed by atoms with Gasteiger partial charge in [0.15, 0.2) is 0 Å². The number of hydrogen-bond acceptors (Lipinski definition) is 4. The Hall–Kier alpha value is -2.31. The zero-order valence-corrected chi connectivity index (χ0v) is 11.5. The maximum absolute atomic E-state index is 13.4. The van der Waals surface area contributed by atoms with E-state index >= 15 is 0 Å². The molecule has 0 bridgehead atoms. The number of amides is 1. The molecule has 1 aliphatic rings. The average molecular weight is 294 g/mol. The van der Waals surface area contributed by atoms with Crippen molar-refractivity contribution < 1.29 is 18.9 Å². The number of carbonyl (C=O) groups excluding carboxylic acids is 2. The van der Waals surface area contributed by atoms with Gasteiger partial charge in [-0.3, -0.25) is 19.7 Å². The highest BCUT2D eigenvalue weighted by molar-refractivity contribution is 5.95. The van der Waals surface area contributed by atoms with Gasteiger partial charge in [-0.15, -0.1) is 0 Å². The fourth-order valence-corrected chi connectivity index (χ4v) is 2.48. The molecule has 0 saturated heterocycles. The number of halogens is 1. The van der Waals surface area contributed by atoms with E-state index < -0.39 is 22.3 Å². The molecular weight excluding hydrogens is 279 g/mol. The third-order valence-electron chi connectivity index (χ3n) is 3.72. The van der Waals surface area contributed by atoms with Crippen LogP contribution in [0.5, 0.6) is 0 Å². The second-order valence-electron chi connectivity index (χ2n) is 5.14. The molecule has 112 valence electrons. The minimum absolute atomic E-state index is 0.0545. The molecule has 0 unspecified atom stereocenters. The predicted molar refractivity (Wildman–Crippen MR) is 72.4 cm³/mol. The maximum atomic E-state index is 13.4. The quantitative estimate of drug-likeness (QED) is 0.633. The molecule has 0 aromatic heterocycles. The van der Waals surface area contributed by atoms with Gasteiger partial charge in [-0.1, -0.05) is 0 Å². The van der Waals surface area contributed by atoms with Crippen molar-refractivity contribution in [3.8, 4) is 0 Å². The van der Waals surface area contributed by atoms with Crippen LogP contribution in [0, 0.1) is 15.9 Å². The Labute approximate surface area is 120 Å². The maximum Gasteiger partial charge on any atom is 0.273 e. The fourth-order valence-electron chi connectivity index (χ4n) is 2.48. The number of non-ortho nitro benzene ring substituents is 1. The van der Waals surface area contributed by atoms with Gasteiger partial charge in [0.25, 0.3) is 11.6 Å². The Bertz CT molecular complexity index is 593. The number of rotatable bonds is 3. The lowest BCUT2D eigenvalue weighted by Crippen LogP contribution is -2.39. The first-order valence-electron chi connectivity index (χ1n) is 6.62. The van der Waals surface area contributed by atoms with Gasteiger partial charge in [0.1, 0.15) is 11.6 Å². The van der Waals surface area contributed by atoms with Crippen LogP contribution >= 0.6 is 0 Å². The van der Waals surface area contributed by atoms with Crippen molar-refractivity contribution in [1.29, 1.82) is 0 Å². The Morgan fingerprint density at radius 3 is 2.52 bits per heavy atom. The van der Waals surface area contributed by atoms with Crippen LogP contribution in [0.2, 0.25) is 0 Å². The minimum atomic E-state index is -0.820. The van der Waals surface area contributed by atoms with Crippen molar-refractivity contribution in [2.45, 2.75) is 31.7 Å². The lowest BCUT2D eigenvalue weighted by atomic mass is 9.93. The van der Waals surface area contributed by atoms with E-state index in [1.54, 1.807) is 7.05 Å². The first kappa shape index (κ1) is 15.1. The first-order chi connectivity index (χ1) is 9.88. The molecule has 7 heteroatoms. The van der Waals surface area contributed by atoms with Gasteiger partial charge in [0.2, 0.25) is 0 Å². The summed E-state index contributed by atoms with van der Waals surface area (Å²) in [6.45, 7) is 0. The first-order valence-corrected chi connectivity index (χ1v) is 6.62. The molecule has 0 heterocycles. The molecule has 1 aliphatic carbocycles. The molecule has 6 nitrogen and oxygen atoms in total. The SMILES string of the molecule is CN(C(=O)c1cc(F)cc([N+](=O)[O-])c1)C1CCC(=O)CC1. The highest BCUT2D eigenvalue weighted by atomic mass is 19.1. The summed E-state index contributed by atoms with van der Waals surface area (Å²) >= 11 is 0. The van der Waals surface area contributed by atoms with Gasteiger partial charge in [0.05, 0.1) is 11.0 Å². The van der Waals surface area contributed by atoms with E-state index in [2.05, 4.69) is 0 Å². The number of nitro groups is 1. The number of nitro benzene ring substituents is 1. The van der Waals surface area contributed by atoms with E-state index in [1.165, 1.54) is 4.90 Å². The lowest BCUT2D eigenvalue weighted by Gasteiger charge is -2.30. The molecule has 0 radical (unpaired) electrons. The molecule has 21 heavy (non-hydrogen) atoms. The molecule has 0 aliphatic heterocycles. The van der Waals surface area contributed by atoms with E-state index in [4.69, 9.17) is 0 Å². The van der Waals surface area contributed by atoms with Crippen molar-refractivity contribution in [1.82, 2.24) is 4.90 Å². The summed E-state index contributed by atoms with van der Waals surface area (Å²) < 4.78 is 13.4. The molecular formula is C14H15FN2O4. The molecule has 0 spiro atoms. The van der Waals surface area contributed by atoms with Crippen LogP contribution in [-0.2, 0) is 4.79 Å². The van der Waals surface area contributed by atoms with Crippen molar-refractivity contribution >= 4 is 17.4 Å². The predicted octanol–water partition coefficient (Wildman–Crippen LogP) is 2.32. The van der Waals surface area contributed by atoms with Gasteiger partial charge in [0, 0.05) is 37.6 Å². The van der Waals surface area contributed by atoms with E-state index in [-0.39, 0.29) is 17.4 Å². The number of carbonyl (C=O) groups is 2. The van der Waals surface area contributed by atoms with Crippen LogP contribution in [0.25, 0.3) is 0 Å². The van der Waals surface area contributed by atoms with E-state index in [0.29, 0.717) is 25.7 Å². The molecule has 1 fully saturated rings. The molecule has 1 aromatic carbocycles. The van der Waals surface area contributed by atoms with Crippen molar-refractivity contribution in [2.75, 3.05) is 7.05 Å². The smallest absolute Gasteiger partial charge is 0.273 e. The molecule has 1 aromatic rings. The summed E-state index contributed by atoms with van der Waals surface area (Å²) in [5, 5.41) is 10.7. The third kappa shape index (κ3) is 3.42. The van der Waals surface area contributed by atoms with Crippen LogP contribution in [-0.4, -0.2) is 34.6 Å². The molecule has 1 saturated carbocycles. The van der Waals surface area contributed by atoms with E-state index in [9.17, 15) is 24.1 Å². The number of Topliss-reactive ketones (excluding diaryl/α,β-unsaturated/α-hetero) is 1. The van der Waals surface area contributed by atoms with Gasteiger partial charge >= 0.3 is 0 Å². The largest absolute Gasteiger partial charge is 0.339 e. The normalized spacial score (nSPS) is 15.8. The molecule has 0 N–H and O–H groups in total. The van der Waals surface area contributed by atoms with Crippen LogP contribution < -0.4 is 0 Å². The Balaban J connectivity index is 2.19. The highest BCUT2D eigenvalue weighted by Gasteiger charge is 2.27. The monoisotopic (exact) mass is 294 g/mol. The highest BCUT2D eigenvalue weighted by Crippen LogP contribution is 2.23. The average Bonchev–Trinajstić information content (AvgIpc) is 2.45. The number of nitrogens with zero attached hydrogens (tertiary/aromatic N) is 2. The number of ketones is 1. The second-order valence-corrected chi connectivity index (χ2v) is 5.14.